The van der Waals surface area contributed by atoms with Crippen molar-refractivity contribution in [3.63, 3.8) is 0 Å². The largest absolute Gasteiger partial charge is 0.309 e. The number of benzene rings is 7. The Morgan fingerprint density at radius 2 is 1.00 bits per heavy atom. The molecular formula is C43H31N. The van der Waals surface area contributed by atoms with Crippen LogP contribution in [0, 0.1) is 0 Å². The zero-order chi connectivity index (χ0) is 29.4. The van der Waals surface area contributed by atoms with Gasteiger partial charge in [-0.2, -0.15) is 0 Å². The van der Waals surface area contributed by atoms with Crippen molar-refractivity contribution in [2.75, 3.05) is 0 Å². The summed E-state index contributed by atoms with van der Waals surface area (Å²) in [7, 11) is 0. The van der Waals surface area contributed by atoms with Crippen LogP contribution >= 0.6 is 0 Å². The van der Waals surface area contributed by atoms with Crippen LogP contribution in [0.3, 0.4) is 0 Å². The van der Waals surface area contributed by atoms with E-state index in [1.54, 1.807) is 0 Å². The van der Waals surface area contributed by atoms with E-state index in [2.05, 4.69) is 170 Å². The van der Waals surface area contributed by atoms with Crippen LogP contribution in [0.15, 0.2) is 152 Å². The molecule has 0 spiro atoms. The highest BCUT2D eigenvalue weighted by Gasteiger charge is 2.36. The third-order valence-electron chi connectivity index (χ3n) is 9.80. The van der Waals surface area contributed by atoms with Crippen molar-refractivity contribution in [2.45, 2.75) is 19.3 Å². The maximum absolute atomic E-state index is 2.46. The van der Waals surface area contributed by atoms with Crippen molar-refractivity contribution in [1.29, 1.82) is 0 Å². The number of hydrogen-bond acceptors (Lipinski definition) is 0. The van der Waals surface area contributed by atoms with Crippen molar-refractivity contribution >= 4 is 32.6 Å². The molecule has 0 N–H and O–H groups in total. The Hall–Kier alpha value is -5.40. The highest BCUT2D eigenvalue weighted by molar-refractivity contribution is 6.14. The third-order valence-corrected chi connectivity index (χ3v) is 9.80. The van der Waals surface area contributed by atoms with Crippen LogP contribution in [0.2, 0.25) is 0 Å². The van der Waals surface area contributed by atoms with Gasteiger partial charge in [0.25, 0.3) is 0 Å². The Balaban J connectivity index is 1.33. The predicted molar refractivity (Wildman–Crippen MR) is 187 cm³/mol. The minimum absolute atomic E-state index is 0.0529. The second kappa shape index (κ2) is 9.30. The van der Waals surface area contributed by atoms with Crippen LogP contribution in [-0.4, -0.2) is 4.57 Å². The molecule has 0 saturated carbocycles. The van der Waals surface area contributed by atoms with Crippen molar-refractivity contribution in [2.24, 2.45) is 0 Å². The molecule has 208 valence electrons. The van der Waals surface area contributed by atoms with Gasteiger partial charge in [0, 0.05) is 21.9 Å². The van der Waals surface area contributed by atoms with Crippen molar-refractivity contribution in [3.8, 4) is 39.1 Å². The summed E-state index contributed by atoms with van der Waals surface area (Å²) in [6, 6.07) is 55.8. The lowest BCUT2D eigenvalue weighted by Gasteiger charge is -2.21. The third kappa shape index (κ3) is 3.53. The Morgan fingerprint density at radius 1 is 0.386 bits per heavy atom. The average Bonchev–Trinajstić information content (AvgIpc) is 3.52. The molecule has 0 amide bonds. The molecule has 0 atom stereocenters. The number of hydrogen-bond donors (Lipinski definition) is 0. The zero-order valence-electron chi connectivity index (χ0n) is 24.9. The number of fused-ring (bicyclic) bond motifs is 7. The van der Waals surface area contributed by atoms with Crippen LogP contribution in [0.5, 0.6) is 0 Å². The molecule has 0 radical (unpaired) electrons. The van der Waals surface area contributed by atoms with Crippen LogP contribution in [0.4, 0.5) is 0 Å². The van der Waals surface area contributed by atoms with E-state index in [0.717, 1.165) is 0 Å². The highest BCUT2D eigenvalue weighted by Crippen LogP contribution is 2.51. The average molecular weight is 562 g/mol. The molecule has 1 aliphatic rings. The summed E-state index contributed by atoms with van der Waals surface area (Å²) in [5, 5.41) is 5.13. The molecule has 0 fully saturated rings. The lowest BCUT2D eigenvalue weighted by molar-refractivity contribution is 0.661. The molecule has 8 aromatic rings. The standard InChI is InChI=1S/C43H31N/c1-43(2)39-20-12-11-19-35(39)36-26-38-37-25-29(21-24-41(37)44(42(38)27-40(36)43)30-15-7-4-8-16-30)32-23-22-31(28-13-5-3-6-14-28)33-17-9-10-18-34(32)33/h3-27H,1-2H3. The topological polar surface area (TPSA) is 4.93 Å². The molecule has 1 aliphatic carbocycles. The van der Waals surface area contributed by atoms with E-state index >= 15 is 0 Å². The Kier molecular flexibility index (Phi) is 5.31. The van der Waals surface area contributed by atoms with Gasteiger partial charge in [-0.05, 0) is 91.7 Å². The second-order valence-corrected chi connectivity index (χ2v) is 12.6. The molecular weight excluding hydrogens is 530 g/mol. The minimum atomic E-state index is -0.0529. The maximum Gasteiger partial charge on any atom is 0.0544 e. The molecule has 9 rings (SSSR count). The Bertz CT molecular complexity index is 2390. The van der Waals surface area contributed by atoms with Gasteiger partial charge in [-0.1, -0.05) is 129 Å². The van der Waals surface area contributed by atoms with E-state index in [1.165, 1.54) is 82.8 Å². The van der Waals surface area contributed by atoms with E-state index in [-0.39, 0.29) is 5.41 Å². The van der Waals surface area contributed by atoms with Gasteiger partial charge in [0.15, 0.2) is 0 Å². The zero-order valence-corrected chi connectivity index (χ0v) is 24.9. The summed E-state index contributed by atoms with van der Waals surface area (Å²) in [5.41, 5.74) is 14.1. The lowest BCUT2D eigenvalue weighted by Crippen LogP contribution is -2.14. The van der Waals surface area contributed by atoms with E-state index < -0.39 is 0 Å². The number of aromatic nitrogens is 1. The molecule has 44 heavy (non-hydrogen) atoms. The van der Waals surface area contributed by atoms with Gasteiger partial charge in [-0.3, -0.25) is 0 Å². The maximum atomic E-state index is 2.46. The molecule has 7 aromatic carbocycles. The molecule has 0 unspecified atom stereocenters. The monoisotopic (exact) mass is 561 g/mol. The van der Waals surface area contributed by atoms with E-state index in [0.29, 0.717) is 0 Å². The first-order valence-electron chi connectivity index (χ1n) is 15.5. The summed E-state index contributed by atoms with van der Waals surface area (Å²) in [4.78, 5) is 0. The fraction of sp³-hybridized carbons (Fsp3) is 0.0698. The summed E-state index contributed by atoms with van der Waals surface area (Å²) < 4.78 is 2.45. The summed E-state index contributed by atoms with van der Waals surface area (Å²) >= 11 is 0. The van der Waals surface area contributed by atoms with Gasteiger partial charge in [-0.15, -0.1) is 0 Å². The molecule has 1 nitrogen and oxygen atoms in total. The van der Waals surface area contributed by atoms with Gasteiger partial charge in [0.1, 0.15) is 0 Å². The summed E-state index contributed by atoms with van der Waals surface area (Å²) in [5.74, 6) is 0. The predicted octanol–water partition coefficient (Wildman–Crippen LogP) is 11.6. The highest BCUT2D eigenvalue weighted by atomic mass is 15.0. The molecule has 0 saturated heterocycles. The quantitative estimate of drug-likeness (QED) is 0.202. The molecule has 0 bridgehead atoms. The Morgan fingerprint density at radius 3 is 1.75 bits per heavy atom. The van der Waals surface area contributed by atoms with E-state index in [1.807, 2.05) is 0 Å². The first-order valence-corrected chi connectivity index (χ1v) is 15.5. The molecule has 1 heterocycles. The van der Waals surface area contributed by atoms with E-state index in [9.17, 15) is 0 Å². The van der Waals surface area contributed by atoms with E-state index in [4.69, 9.17) is 0 Å². The van der Waals surface area contributed by atoms with Gasteiger partial charge < -0.3 is 4.57 Å². The van der Waals surface area contributed by atoms with Gasteiger partial charge in [0.05, 0.1) is 11.0 Å². The van der Waals surface area contributed by atoms with Crippen LogP contribution in [0.1, 0.15) is 25.0 Å². The van der Waals surface area contributed by atoms with Gasteiger partial charge >= 0.3 is 0 Å². The molecule has 1 heteroatoms. The molecule has 0 aliphatic heterocycles. The number of rotatable bonds is 3. The first-order chi connectivity index (χ1) is 21.6. The SMILES string of the molecule is CC1(C)c2ccccc2-c2cc3c4cc(-c5ccc(-c6ccccc6)c6ccccc56)ccc4n(-c4ccccc4)c3cc21. The first kappa shape index (κ1) is 25.1. The van der Waals surface area contributed by atoms with Gasteiger partial charge in [-0.25, -0.2) is 0 Å². The summed E-state index contributed by atoms with van der Waals surface area (Å²) in [6.45, 7) is 4.72. The smallest absolute Gasteiger partial charge is 0.0544 e. The van der Waals surface area contributed by atoms with Crippen molar-refractivity contribution in [1.82, 2.24) is 4.57 Å². The van der Waals surface area contributed by atoms with Crippen LogP contribution in [-0.2, 0) is 5.41 Å². The second-order valence-electron chi connectivity index (χ2n) is 12.6. The Labute approximate surface area is 257 Å². The number of nitrogens with zero attached hydrogens (tertiary/aromatic N) is 1. The van der Waals surface area contributed by atoms with Crippen molar-refractivity contribution in [3.05, 3.63) is 163 Å². The van der Waals surface area contributed by atoms with Crippen molar-refractivity contribution < 1.29 is 0 Å². The summed E-state index contributed by atoms with van der Waals surface area (Å²) in [6.07, 6.45) is 0. The fourth-order valence-corrected chi connectivity index (χ4v) is 7.66. The minimum Gasteiger partial charge on any atom is -0.309 e. The normalized spacial score (nSPS) is 13.4. The fourth-order valence-electron chi connectivity index (χ4n) is 7.66. The van der Waals surface area contributed by atoms with Gasteiger partial charge in [0.2, 0.25) is 0 Å². The lowest BCUT2D eigenvalue weighted by atomic mass is 9.82. The molecule has 1 aromatic heterocycles. The van der Waals surface area contributed by atoms with Crippen LogP contribution in [0.25, 0.3) is 71.6 Å². The number of para-hydroxylation sites is 1. The van der Waals surface area contributed by atoms with Crippen LogP contribution < -0.4 is 0 Å².